The van der Waals surface area contributed by atoms with E-state index >= 15 is 0 Å². The van der Waals surface area contributed by atoms with Gasteiger partial charge in [0.05, 0.1) is 0 Å². The summed E-state index contributed by atoms with van der Waals surface area (Å²) < 4.78 is 2.07. The molecule has 0 saturated heterocycles. The van der Waals surface area contributed by atoms with Crippen molar-refractivity contribution in [1.82, 2.24) is 0 Å². The summed E-state index contributed by atoms with van der Waals surface area (Å²) in [5.74, 6) is 0. The van der Waals surface area contributed by atoms with Crippen molar-refractivity contribution in [3.63, 3.8) is 0 Å². The zero-order chi connectivity index (χ0) is 8.39. The highest BCUT2D eigenvalue weighted by Gasteiger charge is 2.07. The van der Waals surface area contributed by atoms with Gasteiger partial charge in [-0.25, -0.2) is 4.57 Å². The van der Waals surface area contributed by atoms with E-state index in [1.165, 1.54) is 30.4 Å². The van der Waals surface area contributed by atoms with Crippen LogP contribution in [0.1, 0.15) is 24.8 Å². The largest absolute Gasteiger partial charge is 1.00 e. The number of pyridine rings is 1. The molecule has 0 aromatic carbocycles. The highest BCUT2D eigenvalue weighted by molar-refractivity contribution is 5.66. The molecule has 2 heteroatoms. The topological polar surface area (TPSA) is 3.88 Å². The standard InChI is InChI=1S/C11H14N.HI/c1-12-8-6-11(7-9-12)10-4-2-3-5-10;/h4,6-9H,2-3,5H2,1H3;1H/q+1;/p-1. The van der Waals surface area contributed by atoms with Gasteiger partial charge in [-0.15, -0.1) is 0 Å². The SMILES string of the molecule is C[n+]1ccc(C2=CCCC2)cc1.[I-]. The third-order valence-corrected chi connectivity index (χ3v) is 2.39. The van der Waals surface area contributed by atoms with Gasteiger partial charge in [0.15, 0.2) is 12.4 Å². The van der Waals surface area contributed by atoms with Crippen molar-refractivity contribution in [3.8, 4) is 0 Å². The number of halogens is 1. The number of rotatable bonds is 1. The lowest BCUT2D eigenvalue weighted by atomic mass is 10.1. The molecular formula is C11H14IN. The van der Waals surface area contributed by atoms with Crippen LogP contribution in [0, 0.1) is 0 Å². The third kappa shape index (κ3) is 2.53. The Kier molecular flexibility index (Phi) is 3.90. The van der Waals surface area contributed by atoms with Crippen LogP contribution in [0.2, 0.25) is 0 Å². The van der Waals surface area contributed by atoms with Crippen LogP contribution >= 0.6 is 0 Å². The number of hydrogen-bond donors (Lipinski definition) is 0. The Morgan fingerprint density at radius 2 is 1.92 bits per heavy atom. The van der Waals surface area contributed by atoms with Crippen LogP contribution in [0.15, 0.2) is 30.6 Å². The second kappa shape index (κ2) is 4.74. The molecule has 0 saturated carbocycles. The fraction of sp³-hybridized carbons (Fsp3) is 0.364. The Morgan fingerprint density at radius 3 is 2.46 bits per heavy atom. The summed E-state index contributed by atoms with van der Waals surface area (Å²) in [5.41, 5.74) is 2.92. The lowest BCUT2D eigenvalue weighted by Gasteiger charge is -1.98. The molecule has 0 radical (unpaired) electrons. The average Bonchev–Trinajstić information content (AvgIpc) is 2.58. The van der Waals surface area contributed by atoms with Crippen LogP contribution in [-0.2, 0) is 7.05 Å². The van der Waals surface area contributed by atoms with Gasteiger partial charge in [-0.05, 0) is 30.4 Å². The van der Waals surface area contributed by atoms with E-state index in [0.717, 1.165) is 0 Å². The van der Waals surface area contributed by atoms with Gasteiger partial charge in [0, 0.05) is 12.1 Å². The molecule has 0 unspecified atom stereocenters. The van der Waals surface area contributed by atoms with Crippen molar-refractivity contribution < 1.29 is 28.5 Å². The quantitative estimate of drug-likeness (QED) is 0.465. The summed E-state index contributed by atoms with van der Waals surface area (Å²) in [5, 5.41) is 0. The van der Waals surface area contributed by atoms with Crippen LogP contribution in [0.5, 0.6) is 0 Å². The van der Waals surface area contributed by atoms with Gasteiger partial charge in [-0.1, -0.05) is 6.08 Å². The fourth-order valence-electron chi connectivity index (χ4n) is 1.65. The minimum atomic E-state index is 0. The van der Waals surface area contributed by atoms with E-state index in [1.807, 2.05) is 7.05 Å². The molecule has 1 aromatic rings. The fourth-order valence-corrected chi connectivity index (χ4v) is 1.65. The van der Waals surface area contributed by atoms with Gasteiger partial charge >= 0.3 is 0 Å². The molecule has 0 aliphatic heterocycles. The molecule has 0 spiro atoms. The minimum absolute atomic E-state index is 0. The van der Waals surface area contributed by atoms with Gasteiger partial charge in [0.1, 0.15) is 7.05 Å². The summed E-state index contributed by atoms with van der Waals surface area (Å²) in [6.45, 7) is 0. The predicted octanol–water partition coefficient (Wildman–Crippen LogP) is -0.918. The van der Waals surface area contributed by atoms with Crippen molar-refractivity contribution in [3.05, 3.63) is 36.2 Å². The smallest absolute Gasteiger partial charge is 0.169 e. The summed E-state index contributed by atoms with van der Waals surface area (Å²) >= 11 is 0. The van der Waals surface area contributed by atoms with Crippen molar-refractivity contribution in [2.75, 3.05) is 0 Å². The molecule has 1 aliphatic carbocycles. The van der Waals surface area contributed by atoms with Gasteiger partial charge in [-0.3, -0.25) is 0 Å². The number of allylic oxidation sites excluding steroid dienone is 2. The first kappa shape index (κ1) is 10.7. The molecule has 1 heterocycles. The number of nitrogens with zero attached hydrogens (tertiary/aromatic N) is 1. The van der Waals surface area contributed by atoms with Crippen molar-refractivity contribution in [2.24, 2.45) is 7.05 Å². The number of hydrogen-bond acceptors (Lipinski definition) is 0. The Bertz CT molecular complexity index is 300. The predicted molar refractivity (Wildman–Crippen MR) is 49.4 cm³/mol. The third-order valence-electron chi connectivity index (χ3n) is 2.39. The maximum absolute atomic E-state index is 2.36. The molecule has 0 bridgehead atoms. The maximum atomic E-state index is 2.36. The summed E-state index contributed by atoms with van der Waals surface area (Å²) in [4.78, 5) is 0. The van der Waals surface area contributed by atoms with E-state index in [0.29, 0.717) is 0 Å². The van der Waals surface area contributed by atoms with E-state index in [1.54, 1.807) is 0 Å². The lowest BCUT2D eigenvalue weighted by Crippen LogP contribution is -3.00. The molecule has 1 aliphatic rings. The van der Waals surface area contributed by atoms with E-state index < -0.39 is 0 Å². The molecule has 13 heavy (non-hydrogen) atoms. The van der Waals surface area contributed by atoms with Gasteiger partial charge in [0.2, 0.25) is 0 Å². The first-order valence-corrected chi connectivity index (χ1v) is 4.51. The normalized spacial score (nSPS) is 15.0. The van der Waals surface area contributed by atoms with Gasteiger partial charge in [0.25, 0.3) is 0 Å². The van der Waals surface area contributed by atoms with Crippen LogP contribution in [0.4, 0.5) is 0 Å². The molecule has 0 amide bonds. The van der Waals surface area contributed by atoms with E-state index in [-0.39, 0.29) is 24.0 Å². The van der Waals surface area contributed by atoms with Crippen LogP contribution in [0.3, 0.4) is 0 Å². The van der Waals surface area contributed by atoms with Crippen molar-refractivity contribution in [1.29, 1.82) is 0 Å². The zero-order valence-electron chi connectivity index (χ0n) is 7.83. The maximum Gasteiger partial charge on any atom is 0.169 e. The van der Waals surface area contributed by atoms with E-state index in [9.17, 15) is 0 Å². The number of aryl methyl sites for hydroxylation is 1. The first-order chi connectivity index (χ1) is 5.86. The van der Waals surface area contributed by atoms with E-state index in [2.05, 4.69) is 35.2 Å². The first-order valence-electron chi connectivity index (χ1n) is 4.51. The van der Waals surface area contributed by atoms with Crippen LogP contribution in [0.25, 0.3) is 5.57 Å². The highest BCUT2D eigenvalue weighted by atomic mass is 127. The van der Waals surface area contributed by atoms with Crippen molar-refractivity contribution in [2.45, 2.75) is 19.3 Å². The monoisotopic (exact) mass is 287 g/mol. The summed E-state index contributed by atoms with van der Waals surface area (Å²) in [7, 11) is 2.05. The average molecular weight is 287 g/mol. The Labute approximate surface area is 96.5 Å². The Hall–Kier alpha value is -0.380. The summed E-state index contributed by atoms with van der Waals surface area (Å²) in [6, 6.07) is 4.38. The van der Waals surface area contributed by atoms with Crippen LogP contribution in [-0.4, -0.2) is 0 Å². The van der Waals surface area contributed by atoms with Gasteiger partial charge < -0.3 is 24.0 Å². The molecule has 70 valence electrons. The molecule has 1 aromatic heterocycles. The lowest BCUT2D eigenvalue weighted by molar-refractivity contribution is -0.671. The summed E-state index contributed by atoms with van der Waals surface area (Å²) in [6.07, 6.45) is 10.4. The van der Waals surface area contributed by atoms with Crippen molar-refractivity contribution >= 4 is 5.57 Å². The number of aromatic nitrogens is 1. The zero-order valence-corrected chi connectivity index (χ0v) is 9.99. The van der Waals surface area contributed by atoms with Gasteiger partial charge in [-0.2, -0.15) is 0 Å². The molecule has 2 rings (SSSR count). The molecule has 0 atom stereocenters. The highest BCUT2D eigenvalue weighted by Crippen LogP contribution is 2.26. The van der Waals surface area contributed by atoms with E-state index in [4.69, 9.17) is 0 Å². The Balaban J connectivity index is 0.000000845. The molecule has 1 nitrogen and oxygen atoms in total. The molecular weight excluding hydrogens is 273 g/mol. The Morgan fingerprint density at radius 1 is 1.23 bits per heavy atom. The second-order valence-corrected chi connectivity index (χ2v) is 3.37. The minimum Gasteiger partial charge on any atom is -1.00 e. The molecule has 0 N–H and O–H groups in total. The second-order valence-electron chi connectivity index (χ2n) is 3.37. The van der Waals surface area contributed by atoms with Crippen LogP contribution < -0.4 is 28.5 Å². The molecule has 0 fully saturated rings.